The van der Waals surface area contributed by atoms with Gasteiger partial charge in [-0.1, -0.05) is 12.1 Å². The molecular formula is C13H16N2O4. The van der Waals surface area contributed by atoms with Gasteiger partial charge in [-0.05, 0) is 31.2 Å². The molecule has 1 unspecified atom stereocenters. The number of nitrogens with one attached hydrogen (secondary N) is 1. The smallest absolute Gasteiger partial charge is 0.282 e. The Labute approximate surface area is 110 Å². The summed E-state index contributed by atoms with van der Waals surface area (Å²) in [5, 5.41) is 23.2. The number of rotatable bonds is 5. The molecule has 0 bridgehead atoms. The van der Waals surface area contributed by atoms with Crippen LogP contribution in [0.5, 0.6) is 0 Å². The van der Waals surface area contributed by atoms with Gasteiger partial charge in [0.1, 0.15) is 5.56 Å². The predicted octanol–water partition coefficient (Wildman–Crippen LogP) is 1.40. The summed E-state index contributed by atoms with van der Waals surface area (Å²) in [6.45, 7) is 1.79. The number of carbonyl (C=O) groups is 1. The predicted molar refractivity (Wildman–Crippen MR) is 68.9 cm³/mol. The van der Waals surface area contributed by atoms with Crippen LogP contribution in [-0.4, -0.2) is 28.6 Å². The molecule has 2 N–H and O–H groups in total. The first-order chi connectivity index (χ1) is 9.00. The molecule has 19 heavy (non-hydrogen) atoms. The molecule has 1 aliphatic carbocycles. The van der Waals surface area contributed by atoms with E-state index in [0.29, 0.717) is 5.56 Å². The Hall–Kier alpha value is -1.95. The zero-order chi connectivity index (χ0) is 14.0. The van der Waals surface area contributed by atoms with E-state index < -0.39 is 16.9 Å². The van der Waals surface area contributed by atoms with Gasteiger partial charge in [0.15, 0.2) is 0 Å². The van der Waals surface area contributed by atoms with Crippen LogP contribution in [0.2, 0.25) is 0 Å². The molecule has 6 heteroatoms. The van der Waals surface area contributed by atoms with Gasteiger partial charge in [0.25, 0.3) is 11.6 Å². The second-order valence-corrected chi connectivity index (χ2v) is 4.84. The third-order valence-corrected chi connectivity index (χ3v) is 3.31. The minimum atomic E-state index is -0.570. The van der Waals surface area contributed by atoms with Crippen LogP contribution in [0.25, 0.3) is 0 Å². The van der Waals surface area contributed by atoms with E-state index in [0.717, 1.165) is 12.8 Å². The first-order valence-electron chi connectivity index (χ1n) is 6.21. The van der Waals surface area contributed by atoms with Crippen LogP contribution in [0.1, 0.15) is 28.8 Å². The number of hydrogen-bond donors (Lipinski definition) is 2. The average Bonchev–Trinajstić information content (AvgIpc) is 3.19. The highest BCUT2D eigenvalue weighted by atomic mass is 16.6. The standard InChI is InChI=1S/C13H16N2O4/c1-8-3-2-4-10(15(18)19)12(8)13(17)14-7-11(16)9-5-6-9/h2-4,9,11,16H,5-7H2,1H3,(H,14,17). The molecule has 6 nitrogen and oxygen atoms in total. The van der Waals surface area contributed by atoms with E-state index >= 15 is 0 Å². The Bertz CT molecular complexity index is 511. The van der Waals surface area contributed by atoms with Crippen LogP contribution in [-0.2, 0) is 0 Å². The second-order valence-electron chi connectivity index (χ2n) is 4.84. The van der Waals surface area contributed by atoms with Gasteiger partial charge in [-0.3, -0.25) is 14.9 Å². The number of aliphatic hydroxyl groups is 1. The Kier molecular flexibility index (Phi) is 3.80. The number of benzene rings is 1. The Morgan fingerprint density at radius 3 is 2.84 bits per heavy atom. The highest BCUT2D eigenvalue weighted by molar-refractivity contribution is 5.99. The van der Waals surface area contributed by atoms with E-state index in [9.17, 15) is 20.0 Å². The summed E-state index contributed by atoms with van der Waals surface area (Å²) in [6, 6.07) is 4.50. The van der Waals surface area contributed by atoms with E-state index in [1.807, 2.05) is 0 Å². The molecule has 1 aliphatic rings. The lowest BCUT2D eigenvalue weighted by Crippen LogP contribution is -2.33. The van der Waals surface area contributed by atoms with Gasteiger partial charge < -0.3 is 10.4 Å². The number of aliphatic hydroxyl groups excluding tert-OH is 1. The monoisotopic (exact) mass is 264 g/mol. The van der Waals surface area contributed by atoms with Crippen LogP contribution in [0, 0.1) is 23.0 Å². The summed E-state index contributed by atoms with van der Waals surface area (Å²) in [5.74, 6) is -0.253. The van der Waals surface area contributed by atoms with Gasteiger partial charge in [0.05, 0.1) is 11.0 Å². The van der Waals surface area contributed by atoms with Gasteiger partial charge in [0, 0.05) is 12.6 Å². The van der Waals surface area contributed by atoms with Crippen molar-refractivity contribution in [3.63, 3.8) is 0 Å². The number of nitro benzene ring substituents is 1. The van der Waals surface area contributed by atoms with Crippen LogP contribution in [0.15, 0.2) is 18.2 Å². The maximum absolute atomic E-state index is 12.0. The number of nitrogens with zero attached hydrogens (tertiary/aromatic N) is 1. The maximum Gasteiger partial charge on any atom is 0.282 e. The Morgan fingerprint density at radius 2 is 2.26 bits per heavy atom. The second kappa shape index (κ2) is 5.36. The molecular weight excluding hydrogens is 248 g/mol. The molecule has 1 saturated carbocycles. The topological polar surface area (TPSA) is 92.5 Å². The fraction of sp³-hybridized carbons (Fsp3) is 0.462. The minimum absolute atomic E-state index is 0.0653. The quantitative estimate of drug-likeness (QED) is 0.621. The molecule has 0 radical (unpaired) electrons. The molecule has 0 aliphatic heterocycles. The summed E-state index contributed by atoms with van der Waals surface area (Å²) in [4.78, 5) is 22.4. The van der Waals surface area contributed by atoms with Gasteiger partial charge in [-0.2, -0.15) is 0 Å². The minimum Gasteiger partial charge on any atom is -0.391 e. The molecule has 1 amide bonds. The van der Waals surface area contributed by atoms with Crippen LogP contribution >= 0.6 is 0 Å². The van der Waals surface area contributed by atoms with Crippen molar-refractivity contribution in [1.29, 1.82) is 0 Å². The van der Waals surface area contributed by atoms with Crippen LogP contribution < -0.4 is 5.32 Å². The van der Waals surface area contributed by atoms with Gasteiger partial charge in [-0.25, -0.2) is 0 Å². The molecule has 0 spiro atoms. The molecule has 1 atom stereocenters. The first kappa shape index (κ1) is 13.5. The summed E-state index contributed by atoms with van der Waals surface area (Å²) in [6.07, 6.45) is 1.38. The summed E-state index contributed by atoms with van der Waals surface area (Å²) >= 11 is 0. The fourth-order valence-corrected chi connectivity index (χ4v) is 2.03. The number of carbonyl (C=O) groups excluding carboxylic acids is 1. The Balaban J connectivity index is 2.11. The third-order valence-electron chi connectivity index (χ3n) is 3.31. The van der Waals surface area contributed by atoms with Gasteiger partial charge >= 0.3 is 0 Å². The summed E-state index contributed by atoms with van der Waals surface area (Å²) < 4.78 is 0. The van der Waals surface area contributed by atoms with Crippen molar-refractivity contribution in [2.45, 2.75) is 25.9 Å². The number of nitro groups is 1. The lowest BCUT2D eigenvalue weighted by Gasteiger charge is -2.11. The van der Waals surface area contributed by atoms with Crippen molar-refractivity contribution in [3.05, 3.63) is 39.4 Å². The third kappa shape index (κ3) is 3.08. The van der Waals surface area contributed by atoms with Crippen molar-refractivity contribution in [2.75, 3.05) is 6.54 Å². The van der Waals surface area contributed by atoms with Crippen molar-refractivity contribution in [3.8, 4) is 0 Å². The fourth-order valence-electron chi connectivity index (χ4n) is 2.03. The van der Waals surface area contributed by atoms with Gasteiger partial charge in [-0.15, -0.1) is 0 Å². The molecule has 0 saturated heterocycles. The molecule has 102 valence electrons. The Morgan fingerprint density at radius 1 is 1.58 bits per heavy atom. The zero-order valence-electron chi connectivity index (χ0n) is 10.6. The van der Waals surface area contributed by atoms with Gasteiger partial charge in [0.2, 0.25) is 0 Å². The molecule has 1 aromatic carbocycles. The number of aryl methyl sites for hydroxylation is 1. The van der Waals surface area contributed by atoms with E-state index in [1.54, 1.807) is 19.1 Å². The highest BCUT2D eigenvalue weighted by Crippen LogP contribution is 2.32. The van der Waals surface area contributed by atoms with Crippen molar-refractivity contribution in [1.82, 2.24) is 5.32 Å². The SMILES string of the molecule is Cc1cccc([N+](=O)[O-])c1C(=O)NCC(O)C1CC1. The number of amides is 1. The number of hydrogen-bond acceptors (Lipinski definition) is 4. The van der Waals surface area contributed by atoms with Crippen LogP contribution in [0.4, 0.5) is 5.69 Å². The largest absolute Gasteiger partial charge is 0.391 e. The first-order valence-corrected chi connectivity index (χ1v) is 6.21. The summed E-state index contributed by atoms with van der Waals surface area (Å²) in [7, 11) is 0. The lowest BCUT2D eigenvalue weighted by atomic mass is 10.1. The molecule has 0 aromatic heterocycles. The molecule has 1 aromatic rings. The maximum atomic E-state index is 12.0. The molecule has 2 rings (SSSR count). The highest BCUT2D eigenvalue weighted by Gasteiger charge is 2.30. The van der Waals surface area contributed by atoms with E-state index in [-0.39, 0.29) is 23.7 Å². The lowest BCUT2D eigenvalue weighted by molar-refractivity contribution is -0.385. The van der Waals surface area contributed by atoms with Crippen molar-refractivity contribution < 1.29 is 14.8 Å². The summed E-state index contributed by atoms with van der Waals surface area (Å²) in [5.41, 5.74) is 0.404. The van der Waals surface area contributed by atoms with Crippen LogP contribution in [0.3, 0.4) is 0 Å². The zero-order valence-corrected chi connectivity index (χ0v) is 10.6. The van der Waals surface area contributed by atoms with E-state index in [4.69, 9.17) is 0 Å². The molecule has 1 fully saturated rings. The molecule has 0 heterocycles. The van der Waals surface area contributed by atoms with Crippen molar-refractivity contribution in [2.24, 2.45) is 5.92 Å². The van der Waals surface area contributed by atoms with E-state index in [1.165, 1.54) is 6.07 Å². The van der Waals surface area contributed by atoms with Crippen molar-refractivity contribution >= 4 is 11.6 Å². The average molecular weight is 264 g/mol. The normalized spacial score (nSPS) is 15.9. The van der Waals surface area contributed by atoms with E-state index in [2.05, 4.69) is 5.32 Å².